The fourth-order valence-corrected chi connectivity index (χ4v) is 2.58. The van der Waals surface area contributed by atoms with Crippen molar-refractivity contribution >= 4 is 23.4 Å². The van der Waals surface area contributed by atoms with Gasteiger partial charge in [0.15, 0.2) is 0 Å². The van der Waals surface area contributed by atoms with Crippen LogP contribution >= 0.6 is 11.8 Å². The van der Waals surface area contributed by atoms with E-state index in [4.69, 9.17) is 5.26 Å². The molecule has 0 aliphatic heterocycles. The molecule has 0 saturated carbocycles. The van der Waals surface area contributed by atoms with Crippen molar-refractivity contribution in [1.29, 1.82) is 5.26 Å². The third kappa shape index (κ3) is 4.66. The van der Waals surface area contributed by atoms with Crippen molar-refractivity contribution in [3.63, 3.8) is 0 Å². The van der Waals surface area contributed by atoms with Gasteiger partial charge in [-0.15, -0.1) is 11.8 Å². The zero-order valence-electron chi connectivity index (χ0n) is 11.7. The molecule has 0 aliphatic rings. The first-order valence-corrected chi connectivity index (χ1v) is 7.70. The molecule has 1 amide bonds. The molecule has 21 heavy (non-hydrogen) atoms. The van der Waals surface area contributed by atoms with Crippen molar-refractivity contribution in [3.05, 3.63) is 65.7 Å². The smallest absolute Gasteiger partial charge is 0.237 e. The number of benzene rings is 2. The minimum absolute atomic E-state index is 0.000144. The normalized spacial score (nSPS) is 11.4. The summed E-state index contributed by atoms with van der Waals surface area (Å²) in [5.74, 6) is 0.745. The first kappa shape index (κ1) is 15.1. The molecule has 0 aliphatic carbocycles. The monoisotopic (exact) mass is 296 g/mol. The zero-order chi connectivity index (χ0) is 15.1. The van der Waals surface area contributed by atoms with Crippen molar-refractivity contribution < 1.29 is 4.79 Å². The van der Waals surface area contributed by atoms with E-state index in [-0.39, 0.29) is 11.2 Å². The summed E-state index contributed by atoms with van der Waals surface area (Å²) in [6, 6.07) is 19.0. The Bertz CT molecular complexity index is 632. The van der Waals surface area contributed by atoms with E-state index in [9.17, 15) is 4.79 Å². The highest BCUT2D eigenvalue weighted by atomic mass is 32.2. The second-order valence-electron chi connectivity index (χ2n) is 4.62. The van der Waals surface area contributed by atoms with E-state index in [1.165, 1.54) is 0 Å². The van der Waals surface area contributed by atoms with Gasteiger partial charge in [-0.2, -0.15) is 5.26 Å². The summed E-state index contributed by atoms with van der Waals surface area (Å²) >= 11 is 1.58. The van der Waals surface area contributed by atoms with Crippen molar-refractivity contribution in [3.8, 4) is 6.07 Å². The summed E-state index contributed by atoms with van der Waals surface area (Å²) in [5, 5.41) is 11.5. The summed E-state index contributed by atoms with van der Waals surface area (Å²) in [7, 11) is 0. The highest BCUT2D eigenvalue weighted by Crippen LogP contribution is 2.19. The lowest BCUT2D eigenvalue weighted by molar-refractivity contribution is -0.115. The van der Waals surface area contributed by atoms with E-state index in [1.54, 1.807) is 23.9 Å². The van der Waals surface area contributed by atoms with E-state index < -0.39 is 0 Å². The molecule has 0 spiro atoms. The van der Waals surface area contributed by atoms with Gasteiger partial charge in [0.05, 0.1) is 16.9 Å². The number of amides is 1. The molecule has 3 nitrogen and oxygen atoms in total. The number of thioether (sulfide) groups is 1. The Hall–Kier alpha value is -2.25. The maximum Gasteiger partial charge on any atom is 0.237 e. The molecule has 0 fully saturated rings. The van der Waals surface area contributed by atoms with Crippen LogP contribution in [0.25, 0.3) is 0 Å². The predicted octanol–water partition coefficient (Wildman–Crippen LogP) is 3.82. The van der Waals surface area contributed by atoms with Crippen LogP contribution in [-0.4, -0.2) is 11.2 Å². The Balaban J connectivity index is 1.84. The van der Waals surface area contributed by atoms with Crippen LogP contribution < -0.4 is 5.32 Å². The number of carbonyl (C=O) groups is 1. The topological polar surface area (TPSA) is 52.9 Å². The highest BCUT2D eigenvalue weighted by Gasteiger charge is 2.13. The molecule has 0 aromatic heterocycles. The van der Waals surface area contributed by atoms with Gasteiger partial charge in [-0.1, -0.05) is 30.3 Å². The number of rotatable bonds is 5. The molecule has 1 unspecified atom stereocenters. The van der Waals surface area contributed by atoms with Crippen LogP contribution in [0, 0.1) is 11.3 Å². The van der Waals surface area contributed by atoms with Crippen LogP contribution in [0.1, 0.15) is 18.1 Å². The minimum Gasteiger partial charge on any atom is -0.325 e. The molecular formula is C17H16N2OS. The van der Waals surface area contributed by atoms with Crippen LogP contribution in [0.3, 0.4) is 0 Å². The molecule has 2 aromatic carbocycles. The third-order valence-corrected chi connectivity index (χ3v) is 4.21. The molecule has 4 heteroatoms. The summed E-state index contributed by atoms with van der Waals surface area (Å²) in [6.45, 7) is 1.90. The van der Waals surface area contributed by atoms with E-state index >= 15 is 0 Å². The Labute approximate surface area is 129 Å². The van der Waals surface area contributed by atoms with Gasteiger partial charge < -0.3 is 5.32 Å². The molecular weight excluding hydrogens is 280 g/mol. The predicted molar refractivity (Wildman–Crippen MR) is 87.0 cm³/mol. The second-order valence-corrected chi connectivity index (χ2v) is 5.95. The molecule has 0 radical (unpaired) electrons. The largest absolute Gasteiger partial charge is 0.325 e. The Morgan fingerprint density at radius 2 is 1.86 bits per heavy atom. The SMILES string of the molecule is CC(SCc1ccc(C#N)cc1)C(=O)Nc1ccccc1. The van der Waals surface area contributed by atoms with Crippen LogP contribution in [0.15, 0.2) is 54.6 Å². The molecule has 2 rings (SSSR count). The number of anilines is 1. The van der Waals surface area contributed by atoms with Crippen molar-refractivity contribution in [2.45, 2.75) is 17.9 Å². The van der Waals surface area contributed by atoms with Crippen LogP contribution in [0.5, 0.6) is 0 Å². The lowest BCUT2D eigenvalue weighted by atomic mass is 10.2. The first-order valence-electron chi connectivity index (χ1n) is 6.65. The van der Waals surface area contributed by atoms with Crippen molar-refractivity contribution in [2.24, 2.45) is 0 Å². The molecule has 1 N–H and O–H groups in total. The van der Waals surface area contributed by atoms with Gasteiger partial charge in [-0.3, -0.25) is 4.79 Å². The Morgan fingerprint density at radius 1 is 1.19 bits per heavy atom. The molecule has 0 bridgehead atoms. The number of nitrogens with zero attached hydrogens (tertiary/aromatic N) is 1. The van der Waals surface area contributed by atoms with Crippen molar-refractivity contribution in [2.75, 3.05) is 5.32 Å². The maximum atomic E-state index is 12.1. The number of hydrogen-bond donors (Lipinski definition) is 1. The van der Waals surface area contributed by atoms with Crippen LogP contribution in [-0.2, 0) is 10.5 Å². The van der Waals surface area contributed by atoms with Gasteiger partial charge in [0, 0.05) is 11.4 Å². The average Bonchev–Trinajstić information content (AvgIpc) is 2.54. The fraction of sp³-hybridized carbons (Fsp3) is 0.176. The second kappa shape index (κ2) is 7.51. The van der Waals surface area contributed by atoms with E-state index in [0.717, 1.165) is 17.0 Å². The summed E-state index contributed by atoms with van der Waals surface area (Å²) < 4.78 is 0. The van der Waals surface area contributed by atoms with E-state index in [2.05, 4.69) is 11.4 Å². The van der Waals surface area contributed by atoms with E-state index in [0.29, 0.717) is 5.56 Å². The Morgan fingerprint density at radius 3 is 2.48 bits per heavy atom. The number of hydrogen-bond acceptors (Lipinski definition) is 3. The molecule has 2 aromatic rings. The lowest BCUT2D eigenvalue weighted by Gasteiger charge is -2.12. The number of nitriles is 1. The summed E-state index contributed by atoms with van der Waals surface area (Å²) in [4.78, 5) is 12.1. The number of carbonyl (C=O) groups excluding carboxylic acids is 1. The molecule has 0 saturated heterocycles. The van der Waals surface area contributed by atoms with Gasteiger partial charge in [0.1, 0.15) is 0 Å². The van der Waals surface area contributed by atoms with Gasteiger partial charge in [0.25, 0.3) is 0 Å². The maximum absolute atomic E-state index is 12.1. The van der Waals surface area contributed by atoms with Gasteiger partial charge in [-0.25, -0.2) is 0 Å². The van der Waals surface area contributed by atoms with Crippen LogP contribution in [0.4, 0.5) is 5.69 Å². The standard InChI is InChI=1S/C17H16N2OS/c1-13(17(20)19-16-5-3-2-4-6-16)21-12-15-9-7-14(11-18)8-10-15/h2-10,13H,12H2,1H3,(H,19,20). The highest BCUT2D eigenvalue weighted by molar-refractivity contribution is 7.99. The van der Waals surface area contributed by atoms with Gasteiger partial charge in [0.2, 0.25) is 5.91 Å². The average molecular weight is 296 g/mol. The minimum atomic E-state index is -0.138. The Kier molecular flexibility index (Phi) is 5.42. The quantitative estimate of drug-likeness (QED) is 0.912. The zero-order valence-corrected chi connectivity index (χ0v) is 12.6. The summed E-state index contributed by atoms with van der Waals surface area (Å²) in [5.41, 5.74) is 2.57. The lowest BCUT2D eigenvalue weighted by Crippen LogP contribution is -2.22. The molecule has 0 heterocycles. The van der Waals surface area contributed by atoms with Crippen LogP contribution in [0.2, 0.25) is 0 Å². The van der Waals surface area contributed by atoms with Gasteiger partial charge in [-0.05, 0) is 36.8 Å². The third-order valence-electron chi connectivity index (χ3n) is 2.99. The number of nitrogens with one attached hydrogen (secondary N) is 1. The fourth-order valence-electron chi connectivity index (χ4n) is 1.74. The van der Waals surface area contributed by atoms with Crippen molar-refractivity contribution in [1.82, 2.24) is 0 Å². The molecule has 1 atom stereocenters. The number of para-hydroxylation sites is 1. The summed E-state index contributed by atoms with van der Waals surface area (Å²) in [6.07, 6.45) is 0. The molecule has 106 valence electrons. The van der Waals surface area contributed by atoms with E-state index in [1.807, 2.05) is 49.4 Å². The first-order chi connectivity index (χ1) is 10.2. The van der Waals surface area contributed by atoms with Gasteiger partial charge >= 0.3 is 0 Å².